The summed E-state index contributed by atoms with van der Waals surface area (Å²) in [5, 5.41) is 13.4. The van der Waals surface area contributed by atoms with E-state index in [0.717, 1.165) is 11.1 Å². The molecular formula is C21H28N6O3. The number of rotatable bonds is 14. The van der Waals surface area contributed by atoms with Gasteiger partial charge in [-0.15, -0.1) is 14.7 Å². The van der Waals surface area contributed by atoms with E-state index in [1.807, 2.05) is 67.6 Å². The van der Waals surface area contributed by atoms with Gasteiger partial charge in [-0.1, -0.05) is 60.7 Å². The lowest BCUT2D eigenvalue weighted by atomic mass is 10.0. The monoisotopic (exact) mass is 412 g/mol. The number of nitroso groups, excluding NO2 is 3. The van der Waals surface area contributed by atoms with E-state index in [-0.39, 0.29) is 19.1 Å². The zero-order chi connectivity index (χ0) is 21.8. The average molecular weight is 412 g/mol. The minimum atomic E-state index is -0.392. The van der Waals surface area contributed by atoms with Crippen LogP contribution in [0.2, 0.25) is 0 Å². The van der Waals surface area contributed by atoms with E-state index < -0.39 is 6.04 Å². The summed E-state index contributed by atoms with van der Waals surface area (Å²) in [4.78, 5) is 34.2. The summed E-state index contributed by atoms with van der Waals surface area (Å²) in [5.74, 6) is 0. The SMILES string of the molecule is CCN(N=O)C(Cc1ccccc1)CN(N=O)C(Cc1ccccc1)CN(C)N=O. The van der Waals surface area contributed by atoms with Crippen LogP contribution in [0.5, 0.6) is 0 Å². The van der Waals surface area contributed by atoms with Gasteiger partial charge in [0.1, 0.15) is 0 Å². The molecule has 0 bridgehead atoms. The van der Waals surface area contributed by atoms with Crippen molar-refractivity contribution in [3.8, 4) is 0 Å². The molecular weight excluding hydrogens is 384 g/mol. The molecule has 0 fully saturated rings. The van der Waals surface area contributed by atoms with Crippen LogP contribution in [0.4, 0.5) is 0 Å². The van der Waals surface area contributed by atoms with E-state index in [9.17, 15) is 14.7 Å². The molecule has 0 aliphatic rings. The van der Waals surface area contributed by atoms with Crippen LogP contribution < -0.4 is 0 Å². The molecule has 0 spiro atoms. The van der Waals surface area contributed by atoms with E-state index in [1.54, 1.807) is 7.05 Å². The molecule has 2 atom stereocenters. The maximum Gasteiger partial charge on any atom is 0.0736 e. The van der Waals surface area contributed by atoms with Crippen LogP contribution in [0.3, 0.4) is 0 Å². The van der Waals surface area contributed by atoms with E-state index in [0.29, 0.717) is 19.4 Å². The van der Waals surface area contributed by atoms with Crippen molar-refractivity contribution in [1.82, 2.24) is 15.0 Å². The maximum absolute atomic E-state index is 11.8. The first-order valence-corrected chi connectivity index (χ1v) is 9.93. The molecule has 0 saturated heterocycles. The van der Waals surface area contributed by atoms with Crippen molar-refractivity contribution in [2.45, 2.75) is 31.8 Å². The normalized spacial score (nSPS) is 12.5. The van der Waals surface area contributed by atoms with Gasteiger partial charge in [-0.3, -0.25) is 15.0 Å². The van der Waals surface area contributed by atoms with Crippen LogP contribution in [0, 0.1) is 14.7 Å². The topological polar surface area (TPSA) is 98.0 Å². The summed E-state index contributed by atoms with van der Waals surface area (Å²) < 4.78 is 0. The van der Waals surface area contributed by atoms with Crippen LogP contribution in [0.25, 0.3) is 0 Å². The predicted octanol–water partition coefficient (Wildman–Crippen LogP) is 3.81. The molecule has 9 nitrogen and oxygen atoms in total. The zero-order valence-corrected chi connectivity index (χ0v) is 17.4. The van der Waals surface area contributed by atoms with Gasteiger partial charge in [-0.05, 0) is 30.9 Å². The Kier molecular flexibility index (Phi) is 9.36. The van der Waals surface area contributed by atoms with Crippen LogP contribution in [0.1, 0.15) is 18.1 Å². The highest BCUT2D eigenvalue weighted by Gasteiger charge is 2.27. The van der Waals surface area contributed by atoms with Gasteiger partial charge in [-0.25, -0.2) is 0 Å². The highest BCUT2D eigenvalue weighted by Crippen LogP contribution is 2.17. The molecule has 2 aromatic rings. The summed E-state index contributed by atoms with van der Waals surface area (Å²) in [6, 6.07) is 18.6. The Labute approximate surface area is 176 Å². The molecule has 0 aromatic heterocycles. The highest BCUT2D eigenvalue weighted by atomic mass is 16.3. The Morgan fingerprint density at radius 2 is 1.17 bits per heavy atom. The summed E-state index contributed by atoms with van der Waals surface area (Å²) in [6.07, 6.45) is 1.04. The second-order valence-corrected chi connectivity index (χ2v) is 7.15. The smallest absolute Gasteiger partial charge is 0.0736 e. The van der Waals surface area contributed by atoms with Crippen molar-refractivity contribution in [1.29, 1.82) is 0 Å². The Balaban J connectivity index is 2.25. The first kappa shape index (κ1) is 22.9. The molecule has 0 aliphatic heterocycles. The lowest BCUT2D eigenvalue weighted by Crippen LogP contribution is -2.47. The highest BCUT2D eigenvalue weighted by molar-refractivity contribution is 5.17. The zero-order valence-electron chi connectivity index (χ0n) is 17.4. The van der Waals surface area contributed by atoms with Gasteiger partial charge in [0.05, 0.1) is 41.0 Å². The molecule has 0 radical (unpaired) electrons. The first-order chi connectivity index (χ1) is 14.6. The van der Waals surface area contributed by atoms with Crippen molar-refractivity contribution >= 4 is 0 Å². The van der Waals surface area contributed by atoms with Crippen molar-refractivity contribution in [3.05, 3.63) is 86.5 Å². The summed E-state index contributed by atoms with van der Waals surface area (Å²) in [6.45, 7) is 2.67. The third-order valence-electron chi connectivity index (χ3n) is 5.02. The fourth-order valence-corrected chi connectivity index (χ4v) is 3.49. The summed E-state index contributed by atoms with van der Waals surface area (Å²) in [7, 11) is 1.56. The number of nitrogens with zero attached hydrogens (tertiary/aromatic N) is 6. The maximum atomic E-state index is 11.8. The lowest BCUT2D eigenvalue weighted by Gasteiger charge is -2.33. The Hall–Kier alpha value is -3.36. The molecule has 0 heterocycles. The number of hydrogen-bond acceptors (Lipinski definition) is 6. The predicted molar refractivity (Wildman–Crippen MR) is 117 cm³/mol. The minimum Gasteiger partial charge on any atom is -0.262 e. The van der Waals surface area contributed by atoms with Gasteiger partial charge in [-0.2, -0.15) is 0 Å². The van der Waals surface area contributed by atoms with Gasteiger partial charge in [0.25, 0.3) is 0 Å². The van der Waals surface area contributed by atoms with Crippen molar-refractivity contribution < 1.29 is 0 Å². The van der Waals surface area contributed by atoms with Crippen molar-refractivity contribution in [3.63, 3.8) is 0 Å². The van der Waals surface area contributed by atoms with Crippen LogP contribution in [-0.2, 0) is 12.8 Å². The van der Waals surface area contributed by atoms with Crippen molar-refractivity contribution in [2.75, 3.05) is 26.7 Å². The largest absolute Gasteiger partial charge is 0.262 e. The molecule has 9 heteroatoms. The minimum absolute atomic E-state index is 0.197. The van der Waals surface area contributed by atoms with E-state index in [2.05, 4.69) is 15.9 Å². The molecule has 2 rings (SSSR count). The van der Waals surface area contributed by atoms with Gasteiger partial charge in [0.15, 0.2) is 0 Å². The fourth-order valence-electron chi connectivity index (χ4n) is 3.49. The van der Waals surface area contributed by atoms with Gasteiger partial charge in [0, 0.05) is 13.6 Å². The molecule has 30 heavy (non-hydrogen) atoms. The fraction of sp³-hybridized carbons (Fsp3) is 0.429. The molecule has 2 unspecified atom stereocenters. The molecule has 0 saturated carbocycles. The Morgan fingerprint density at radius 1 is 0.700 bits per heavy atom. The van der Waals surface area contributed by atoms with Crippen molar-refractivity contribution in [2.24, 2.45) is 15.9 Å². The van der Waals surface area contributed by atoms with Gasteiger partial charge < -0.3 is 0 Å². The molecule has 160 valence electrons. The average Bonchev–Trinajstić information content (AvgIpc) is 2.78. The van der Waals surface area contributed by atoms with Crippen LogP contribution in [0.15, 0.2) is 76.5 Å². The number of hydrogen-bond donors (Lipinski definition) is 0. The first-order valence-electron chi connectivity index (χ1n) is 9.93. The lowest BCUT2D eigenvalue weighted by molar-refractivity contribution is 0.0969. The van der Waals surface area contributed by atoms with E-state index in [1.165, 1.54) is 15.0 Å². The molecule has 0 aliphatic carbocycles. The second-order valence-electron chi connectivity index (χ2n) is 7.15. The van der Waals surface area contributed by atoms with E-state index >= 15 is 0 Å². The van der Waals surface area contributed by atoms with Crippen LogP contribution >= 0.6 is 0 Å². The quantitative estimate of drug-likeness (QED) is 0.346. The Morgan fingerprint density at radius 3 is 1.57 bits per heavy atom. The number of likely N-dealkylation sites (N-methyl/N-ethyl adjacent to an activating group) is 2. The molecule has 0 N–H and O–H groups in total. The molecule has 0 amide bonds. The molecule has 2 aromatic carbocycles. The summed E-state index contributed by atoms with van der Waals surface area (Å²) >= 11 is 0. The summed E-state index contributed by atoms with van der Waals surface area (Å²) in [5.41, 5.74) is 2.04. The van der Waals surface area contributed by atoms with E-state index in [4.69, 9.17) is 0 Å². The third kappa shape index (κ3) is 6.91. The van der Waals surface area contributed by atoms with Gasteiger partial charge >= 0.3 is 0 Å². The standard InChI is InChI=1S/C21H28N6O3/c1-3-26(23-29)21(15-19-12-8-5-9-13-19)17-27(24-30)20(16-25(2)22-28)14-18-10-6-4-7-11-18/h4-13,20-21H,3,14-17H2,1-2H3. The van der Waals surface area contributed by atoms with Gasteiger partial charge in [0.2, 0.25) is 0 Å². The third-order valence-corrected chi connectivity index (χ3v) is 5.02. The second kappa shape index (κ2) is 12.3. The number of benzene rings is 2. The Bertz CT molecular complexity index is 777. The van der Waals surface area contributed by atoms with Crippen LogP contribution in [-0.4, -0.2) is 53.8 Å².